The molecule has 0 fully saturated rings. The van der Waals surface area contributed by atoms with E-state index in [1.165, 1.54) is 16.0 Å². The molecule has 0 saturated carbocycles. The number of aryl methyl sites for hydroxylation is 1. The average Bonchev–Trinajstić information content (AvgIpc) is 2.45. The van der Waals surface area contributed by atoms with Gasteiger partial charge in [-0.2, -0.15) is 0 Å². The second kappa shape index (κ2) is 6.82. The third-order valence-electron chi connectivity index (χ3n) is 3.28. The van der Waals surface area contributed by atoms with Crippen molar-refractivity contribution in [2.75, 3.05) is 7.11 Å². The first-order valence-electron chi connectivity index (χ1n) is 6.73. The molecule has 0 aliphatic rings. The fourth-order valence-corrected chi connectivity index (χ4v) is 3.42. The van der Waals surface area contributed by atoms with Crippen molar-refractivity contribution in [1.29, 1.82) is 0 Å². The molecule has 0 amide bonds. The summed E-state index contributed by atoms with van der Waals surface area (Å²) in [6.45, 7) is 4.20. The van der Waals surface area contributed by atoms with Crippen LogP contribution >= 0.6 is 11.8 Å². The first-order valence-corrected chi connectivity index (χ1v) is 7.61. The largest absolute Gasteiger partial charge is 0.497 e. The molecular weight excluding hydrogens is 266 g/mol. The Morgan fingerprint density at radius 3 is 2.50 bits per heavy atom. The summed E-state index contributed by atoms with van der Waals surface area (Å²) in [6.07, 6.45) is 0. The minimum absolute atomic E-state index is 0.0762. The highest BCUT2D eigenvalue weighted by Crippen LogP contribution is 2.39. The average molecular weight is 287 g/mol. The van der Waals surface area contributed by atoms with Crippen LogP contribution in [0.5, 0.6) is 5.75 Å². The molecule has 0 aromatic heterocycles. The van der Waals surface area contributed by atoms with Crippen LogP contribution in [-0.4, -0.2) is 13.2 Å². The van der Waals surface area contributed by atoms with E-state index < -0.39 is 0 Å². The Labute approximate surface area is 125 Å². The van der Waals surface area contributed by atoms with Crippen molar-refractivity contribution in [3.05, 3.63) is 59.7 Å². The smallest absolute Gasteiger partial charge is 0.119 e. The van der Waals surface area contributed by atoms with Gasteiger partial charge in [-0.05, 0) is 43.2 Å². The first-order chi connectivity index (χ1) is 9.61. The Kier molecular flexibility index (Phi) is 5.10. The van der Waals surface area contributed by atoms with Crippen molar-refractivity contribution in [2.45, 2.75) is 30.0 Å². The molecule has 0 spiro atoms. The third-order valence-corrected chi connectivity index (χ3v) is 4.74. The van der Waals surface area contributed by atoms with Gasteiger partial charge < -0.3 is 10.5 Å². The predicted molar refractivity (Wildman–Crippen MR) is 86.4 cm³/mol. The second-order valence-electron chi connectivity index (χ2n) is 4.93. The fraction of sp³-hybridized carbons (Fsp3) is 0.294. The van der Waals surface area contributed by atoms with E-state index in [4.69, 9.17) is 10.5 Å². The minimum Gasteiger partial charge on any atom is -0.497 e. The van der Waals surface area contributed by atoms with Crippen LogP contribution in [-0.2, 0) is 0 Å². The van der Waals surface area contributed by atoms with E-state index in [1.54, 1.807) is 18.9 Å². The topological polar surface area (TPSA) is 35.2 Å². The molecule has 0 aliphatic carbocycles. The van der Waals surface area contributed by atoms with Crippen molar-refractivity contribution in [2.24, 2.45) is 5.73 Å². The van der Waals surface area contributed by atoms with E-state index in [0.717, 1.165) is 5.75 Å². The zero-order valence-corrected chi connectivity index (χ0v) is 13.0. The summed E-state index contributed by atoms with van der Waals surface area (Å²) < 4.78 is 5.28. The number of ether oxygens (including phenoxy) is 1. The first kappa shape index (κ1) is 14.9. The molecule has 3 heteroatoms. The SMILES string of the molecule is COc1cccc(SC(c2ccccc2C)C(C)N)c1. The van der Waals surface area contributed by atoms with E-state index in [9.17, 15) is 0 Å². The van der Waals surface area contributed by atoms with Crippen LogP contribution in [0, 0.1) is 6.92 Å². The summed E-state index contributed by atoms with van der Waals surface area (Å²) in [5.74, 6) is 0.878. The Morgan fingerprint density at radius 2 is 1.85 bits per heavy atom. The van der Waals surface area contributed by atoms with Gasteiger partial charge in [-0.1, -0.05) is 30.3 Å². The molecule has 2 atom stereocenters. The summed E-state index contributed by atoms with van der Waals surface area (Å²) in [4.78, 5) is 1.18. The number of nitrogens with two attached hydrogens (primary N) is 1. The summed E-state index contributed by atoms with van der Waals surface area (Å²) in [5, 5.41) is 0.239. The van der Waals surface area contributed by atoms with Crippen molar-refractivity contribution >= 4 is 11.8 Å². The lowest BCUT2D eigenvalue weighted by Gasteiger charge is -2.22. The molecule has 0 bridgehead atoms. The number of hydrogen-bond acceptors (Lipinski definition) is 3. The lowest BCUT2D eigenvalue weighted by atomic mass is 10.0. The monoisotopic (exact) mass is 287 g/mol. The molecule has 0 radical (unpaired) electrons. The van der Waals surface area contributed by atoms with Gasteiger partial charge in [-0.25, -0.2) is 0 Å². The summed E-state index contributed by atoms with van der Waals surface area (Å²) in [5.41, 5.74) is 8.79. The van der Waals surface area contributed by atoms with Crippen LogP contribution in [0.25, 0.3) is 0 Å². The quantitative estimate of drug-likeness (QED) is 0.838. The normalized spacial score (nSPS) is 13.8. The fourth-order valence-electron chi connectivity index (χ4n) is 2.18. The molecule has 2 aromatic carbocycles. The number of benzene rings is 2. The van der Waals surface area contributed by atoms with Gasteiger partial charge in [0.2, 0.25) is 0 Å². The van der Waals surface area contributed by atoms with E-state index in [0.29, 0.717) is 0 Å². The Morgan fingerprint density at radius 1 is 1.10 bits per heavy atom. The summed E-state index contributed by atoms with van der Waals surface area (Å²) in [7, 11) is 1.69. The molecule has 0 heterocycles. The van der Waals surface area contributed by atoms with Gasteiger partial charge in [0.25, 0.3) is 0 Å². The maximum absolute atomic E-state index is 6.20. The van der Waals surface area contributed by atoms with Crippen LogP contribution in [0.1, 0.15) is 23.3 Å². The summed E-state index contributed by atoms with van der Waals surface area (Å²) >= 11 is 1.79. The van der Waals surface area contributed by atoms with Gasteiger partial charge in [0.15, 0.2) is 0 Å². The van der Waals surface area contributed by atoms with Crippen LogP contribution in [0.4, 0.5) is 0 Å². The lowest BCUT2D eigenvalue weighted by molar-refractivity contribution is 0.413. The van der Waals surface area contributed by atoms with Gasteiger partial charge in [0.05, 0.1) is 7.11 Å². The molecule has 20 heavy (non-hydrogen) atoms. The van der Waals surface area contributed by atoms with Crippen molar-refractivity contribution in [3.8, 4) is 5.75 Å². The third kappa shape index (κ3) is 3.56. The zero-order chi connectivity index (χ0) is 14.5. The number of hydrogen-bond donors (Lipinski definition) is 1. The molecule has 2 nitrogen and oxygen atoms in total. The van der Waals surface area contributed by atoms with Crippen molar-refractivity contribution in [3.63, 3.8) is 0 Å². The lowest BCUT2D eigenvalue weighted by Crippen LogP contribution is -2.23. The van der Waals surface area contributed by atoms with E-state index in [-0.39, 0.29) is 11.3 Å². The Balaban J connectivity index is 2.28. The molecule has 2 N–H and O–H groups in total. The highest BCUT2D eigenvalue weighted by atomic mass is 32.2. The molecule has 2 aromatic rings. The second-order valence-corrected chi connectivity index (χ2v) is 6.15. The molecule has 2 rings (SSSR count). The molecule has 0 aliphatic heterocycles. The van der Waals surface area contributed by atoms with Gasteiger partial charge in [0.1, 0.15) is 5.75 Å². The maximum Gasteiger partial charge on any atom is 0.119 e. The zero-order valence-electron chi connectivity index (χ0n) is 12.2. The van der Waals surface area contributed by atoms with Gasteiger partial charge >= 0.3 is 0 Å². The molecule has 106 valence electrons. The predicted octanol–water partition coefficient (Wildman–Crippen LogP) is 4.18. The van der Waals surface area contributed by atoms with E-state index >= 15 is 0 Å². The van der Waals surface area contributed by atoms with E-state index in [1.807, 2.05) is 12.1 Å². The highest BCUT2D eigenvalue weighted by Gasteiger charge is 2.19. The van der Waals surface area contributed by atoms with Crippen molar-refractivity contribution in [1.82, 2.24) is 0 Å². The van der Waals surface area contributed by atoms with E-state index in [2.05, 4.69) is 50.2 Å². The molecule has 0 saturated heterocycles. The van der Waals surface area contributed by atoms with Crippen LogP contribution in [0.2, 0.25) is 0 Å². The number of methoxy groups -OCH3 is 1. The van der Waals surface area contributed by atoms with Crippen LogP contribution in [0.15, 0.2) is 53.4 Å². The Hall–Kier alpha value is -1.45. The molecular formula is C17H21NOS. The van der Waals surface area contributed by atoms with Gasteiger partial charge in [-0.15, -0.1) is 11.8 Å². The van der Waals surface area contributed by atoms with Crippen LogP contribution in [0.3, 0.4) is 0 Å². The minimum atomic E-state index is 0.0762. The standard InChI is InChI=1S/C17H21NOS/c1-12-7-4-5-10-16(12)17(13(2)18)20-15-9-6-8-14(11-15)19-3/h4-11,13,17H,18H2,1-3H3. The van der Waals surface area contributed by atoms with Gasteiger partial charge in [0, 0.05) is 16.2 Å². The van der Waals surface area contributed by atoms with Gasteiger partial charge in [-0.3, -0.25) is 0 Å². The molecule has 2 unspecified atom stereocenters. The number of rotatable bonds is 5. The Bertz CT molecular complexity index is 568. The van der Waals surface area contributed by atoms with Crippen molar-refractivity contribution < 1.29 is 4.74 Å². The maximum atomic E-state index is 6.20. The van der Waals surface area contributed by atoms with Crippen LogP contribution < -0.4 is 10.5 Å². The highest BCUT2D eigenvalue weighted by molar-refractivity contribution is 7.99. The number of thioether (sulfide) groups is 1. The summed E-state index contributed by atoms with van der Waals surface area (Å²) in [6, 6.07) is 16.6.